The number of fused-ring (bicyclic) bond motifs is 1. The lowest BCUT2D eigenvalue weighted by Crippen LogP contribution is -2.46. The molecule has 0 saturated carbocycles. The van der Waals surface area contributed by atoms with Gasteiger partial charge in [-0.2, -0.15) is 0 Å². The summed E-state index contributed by atoms with van der Waals surface area (Å²) >= 11 is 0. The Labute approximate surface area is 132 Å². The third kappa shape index (κ3) is 4.19. The van der Waals surface area contributed by atoms with E-state index in [2.05, 4.69) is 36.5 Å². The van der Waals surface area contributed by atoms with Gasteiger partial charge in [-0.25, -0.2) is 0 Å². The van der Waals surface area contributed by atoms with E-state index in [9.17, 15) is 5.11 Å². The highest BCUT2D eigenvalue weighted by Gasteiger charge is 2.22. The third-order valence-corrected chi connectivity index (χ3v) is 3.96. The number of methoxy groups -OCH3 is 2. The molecule has 0 spiro atoms. The molecule has 2 N–H and O–H groups in total. The zero-order chi connectivity index (χ0) is 16.0. The van der Waals surface area contributed by atoms with E-state index in [1.165, 1.54) is 10.9 Å². The molecule has 0 aliphatic rings. The van der Waals surface area contributed by atoms with Crippen LogP contribution in [0.2, 0.25) is 0 Å². The molecule has 0 radical (unpaired) electrons. The van der Waals surface area contributed by atoms with Gasteiger partial charge in [0.25, 0.3) is 0 Å². The van der Waals surface area contributed by atoms with E-state index in [1.54, 1.807) is 14.2 Å². The van der Waals surface area contributed by atoms with Gasteiger partial charge in [0.2, 0.25) is 0 Å². The van der Waals surface area contributed by atoms with E-state index < -0.39 is 0 Å². The van der Waals surface area contributed by atoms with Crippen LogP contribution in [0.4, 0.5) is 0 Å². The summed E-state index contributed by atoms with van der Waals surface area (Å²) in [7, 11) is 3.36. The van der Waals surface area contributed by atoms with Crippen LogP contribution in [0, 0.1) is 0 Å². The van der Waals surface area contributed by atoms with Crippen molar-refractivity contribution in [2.45, 2.75) is 25.4 Å². The first-order chi connectivity index (χ1) is 10.6. The molecule has 0 amide bonds. The molecule has 4 heteroatoms. The molecular formula is C18H25NO3. The van der Waals surface area contributed by atoms with Gasteiger partial charge < -0.3 is 19.9 Å². The van der Waals surface area contributed by atoms with Crippen molar-refractivity contribution in [3.63, 3.8) is 0 Å². The molecule has 0 aliphatic carbocycles. The topological polar surface area (TPSA) is 50.7 Å². The highest BCUT2D eigenvalue weighted by molar-refractivity contribution is 5.84. The predicted molar refractivity (Wildman–Crippen MR) is 89.3 cm³/mol. The molecule has 0 aliphatic heterocycles. The molecule has 22 heavy (non-hydrogen) atoms. The molecule has 120 valence electrons. The number of hydrogen-bond donors (Lipinski definition) is 2. The lowest BCUT2D eigenvalue weighted by atomic mass is 9.98. The van der Waals surface area contributed by atoms with Gasteiger partial charge in [-0.1, -0.05) is 18.2 Å². The summed E-state index contributed by atoms with van der Waals surface area (Å²) in [5, 5.41) is 15.1. The Bertz CT molecular complexity index is 606. The molecule has 4 nitrogen and oxygen atoms in total. The summed E-state index contributed by atoms with van der Waals surface area (Å²) < 4.78 is 10.5. The second kappa shape index (κ2) is 7.58. The van der Waals surface area contributed by atoms with Crippen LogP contribution in [0.5, 0.6) is 5.75 Å². The van der Waals surface area contributed by atoms with Crippen molar-refractivity contribution < 1.29 is 14.6 Å². The van der Waals surface area contributed by atoms with E-state index in [1.807, 2.05) is 12.1 Å². The molecule has 1 atom stereocenters. The first kappa shape index (κ1) is 16.7. The molecule has 0 fully saturated rings. The van der Waals surface area contributed by atoms with Crippen LogP contribution in [0.3, 0.4) is 0 Å². The number of benzene rings is 2. The van der Waals surface area contributed by atoms with Gasteiger partial charge in [-0.05, 0) is 47.9 Å². The second-order valence-electron chi connectivity index (χ2n) is 5.87. The fraction of sp³-hybridized carbons (Fsp3) is 0.444. The molecule has 2 aromatic rings. The van der Waals surface area contributed by atoms with Crippen LogP contribution in [0.15, 0.2) is 36.4 Å². The number of ether oxygens (including phenoxy) is 2. The van der Waals surface area contributed by atoms with Crippen LogP contribution in [-0.2, 0) is 11.3 Å². The smallest absolute Gasteiger partial charge is 0.119 e. The van der Waals surface area contributed by atoms with Crippen molar-refractivity contribution in [3.8, 4) is 5.75 Å². The lowest BCUT2D eigenvalue weighted by molar-refractivity contribution is 0.0970. The molecular weight excluding hydrogens is 278 g/mol. The van der Waals surface area contributed by atoms with Gasteiger partial charge >= 0.3 is 0 Å². The Morgan fingerprint density at radius 3 is 2.50 bits per heavy atom. The average molecular weight is 303 g/mol. The Kier molecular flexibility index (Phi) is 5.77. The van der Waals surface area contributed by atoms with Crippen molar-refractivity contribution in [2.24, 2.45) is 0 Å². The van der Waals surface area contributed by atoms with E-state index >= 15 is 0 Å². The number of aliphatic hydroxyl groups is 1. The first-order valence-corrected chi connectivity index (χ1v) is 7.52. The fourth-order valence-electron chi connectivity index (χ4n) is 2.60. The highest BCUT2D eigenvalue weighted by atomic mass is 16.5. The third-order valence-electron chi connectivity index (χ3n) is 3.96. The molecule has 0 bridgehead atoms. The van der Waals surface area contributed by atoms with Gasteiger partial charge in [-0.3, -0.25) is 0 Å². The first-order valence-electron chi connectivity index (χ1n) is 7.52. The van der Waals surface area contributed by atoms with Crippen LogP contribution >= 0.6 is 0 Å². The van der Waals surface area contributed by atoms with Crippen molar-refractivity contribution in [2.75, 3.05) is 27.4 Å². The standard InChI is InChI=1S/C18H25NO3/c1-18(8-9-20,13-21-2)19-12-14-4-5-16-11-17(22-3)7-6-15(16)10-14/h4-7,10-11,19-20H,8-9,12-13H2,1-3H3. The summed E-state index contributed by atoms with van der Waals surface area (Å²) in [6, 6.07) is 12.5. The SMILES string of the molecule is COCC(C)(CCO)NCc1ccc2cc(OC)ccc2c1. The van der Waals surface area contributed by atoms with Crippen LogP contribution in [0.25, 0.3) is 10.8 Å². The highest BCUT2D eigenvalue weighted by Crippen LogP contribution is 2.22. The van der Waals surface area contributed by atoms with Crippen molar-refractivity contribution in [3.05, 3.63) is 42.0 Å². The second-order valence-corrected chi connectivity index (χ2v) is 5.87. The molecule has 2 rings (SSSR count). The van der Waals surface area contributed by atoms with Gasteiger partial charge in [0.05, 0.1) is 13.7 Å². The maximum Gasteiger partial charge on any atom is 0.119 e. The number of rotatable bonds is 8. The normalized spacial score (nSPS) is 14.0. The zero-order valence-electron chi connectivity index (χ0n) is 13.6. The monoisotopic (exact) mass is 303 g/mol. The largest absolute Gasteiger partial charge is 0.497 e. The molecule has 1 unspecified atom stereocenters. The maximum absolute atomic E-state index is 9.21. The van der Waals surface area contributed by atoms with Gasteiger partial charge in [0, 0.05) is 25.8 Å². The zero-order valence-corrected chi connectivity index (χ0v) is 13.6. The van der Waals surface area contributed by atoms with E-state index in [0.717, 1.165) is 17.7 Å². The maximum atomic E-state index is 9.21. The molecule has 0 aromatic heterocycles. The predicted octanol–water partition coefficient (Wildman–Crippen LogP) is 2.73. The summed E-state index contributed by atoms with van der Waals surface area (Å²) in [6.07, 6.45) is 0.658. The minimum Gasteiger partial charge on any atom is -0.497 e. The Balaban J connectivity index is 2.11. The Morgan fingerprint density at radius 1 is 1.09 bits per heavy atom. The van der Waals surface area contributed by atoms with Gasteiger partial charge in [-0.15, -0.1) is 0 Å². The van der Waals surface area contributed by atoms with Crippen molar-refractivity contribution in [1.82, 2.24) is 5.32 Å². The number of aliphatic hydroxyl groups excluding tert-OH is 1. The average Bonchev–Trinajstić information content (AvgIpc) is 2.53. The summed E-state index contributed by atoms with van der Waals surface area (Å²) in [6.45, 7) is 3.52. The van der Waals surface area contributed by atoms with Crippen LogP contribution < -0.4 is 10.1 Å². The van der Waals surface area contributed by atoms with Crippen molar-refractivity contribution in [1.29, 1.82) is 0 Å². The molecule has 0 saturated heterocycles. The van der Waals surface area contributed by atoms with E-state index in [0.29, 0.717) is 13.0 Å². The van der Waals surface area contributed by atoms with E-state index in [4.69, 9.17) is 9.47 Å². The summed E-state index contributed by atoms with van der Waals surface area (Å²) in [5.74, 6) is 0.869. The molecule has 0 heterocycles. The summed E-state index contributed by atoms with van der Waals surface area (Å²) in [5.41, 5.74) is 0.983. The Hall–Kier alpha value is -1.62. The minimum absolute atomic E-state index is 0.143. The number of nitrogens with one attached hydrogen (secondary N) is 1. The lowest BCUT2D eigenvalue weighted by Gasteiger charge is -2.29. The van der Waals surface area contributed by atoms with Crippen LogP contribution in [0.1, 0.15) is 18.9 Å². The van der Waals surface area contributed by atoms with Crippen LogP contribution in [-0.4, -0.2) is 38.1 Å². The van der Waals surface area contributed by atoms with Crippen molar-refractivity contribution >= 4 is 10.8 Å². The fourth-order valence-corrected chi connectivity index (χ4v) is 2.60. The number of hydrogen-bond acceptors (Lipinski definition) is 4. The summed E-state index contributed by atoms with van der Waals surface area (Å²) in [4.78, 5) is 0. The van der Waals surface area contributed by atoms with Gasteiger partial charge in [0.15, 0.2) is 0 Å². The quantitative estimate of drug-likeness (QED) is 0.787. The van der Waals surface area contributed by atoms with E-state index in [-0.39, 0.29) is 12.1 Å². The minimum atomic E-state index is -0.224. The molecule has 2 aromatic carbocycles. The Morgan fingerprint density at radius 2 is 1.82 bits per heavy atom. The van der Waals surface area contributed by atoms with Gasteiger partial charge in [0.1, 0.15) is 5.75 Å².